The summed E-state index contributed by atoms with van der Waals surface area (Å²) in [7, 11) is 1.75. The Morgan fingerprint density at radius 2 is 2.25 bits per heavy atom. The van der Waals surface area contributed by atoms with Crippen molar-refractivity contribution in [3.63, 3.8) is 0 Å². The zero-order valence-electron chi connectivity index (χ0n) is 9.40. The van der Waals surface area contributed by atoms with Crippen LogP contribution in [0.1, 0.15) is 12.0 Å². The van der Waals surface area contributed by atoms with Gasteiger partial charge in [0.2, 0.25) is 5.95 Å². The number of rotatable bonds is 4. The van der Waals surface area contributed by atoms with Crippen LogP contribution in [0.5, 0.6) is 0 Å². The van der Waals surface area contributed by atoms with Gasteiger partial charge >= 0.3 is 0 Å². The van der Waals surface area contributed by atoms with E-state index in [1.165, 1.54) is 0 Å². The van der Waals surface area contributed by atoms with Gasteiger partial charge in [0.05, 0.1) is 6.61 Å². The van der Waals surface area contributed by atoms with Gasteiger partial charge in [0, 0.05) is 43.8 Å². The van der Waals surface area contributed by atoms with Gasteiger partial charge in [-0.15, -0.1) is 0 Å². The standard InChI is InChI=1S/C11H16BrN3O/c1-16-8-9-2-3-15(7-9)11-13-5-10(4-12)6-14-11/h5-6,9H,2-4,7-8H2,1H3. The van der Waals surface area contributed by atoms with E-state index in [0.717, 1.165) is 43.0 Å². The van der Waals surface area contributed by atoms with E-state index in [9.17, 15) is 0 Å². The molecule has 0 amide bonds. The number of methoxy groups -OCH3 is 1. The maximum Gasteiger partial charge on any atom is 0.225 e. The third-order valence-corrected chi connectivity index (χ3v) is 3.46. The highest BCUT2D eigenvalue weighted by molar-refractivity contribution is 9.08. The molecule has 0 saturated carbocycles. The first-order valence-corrected chi connectivity index (χ1v) is 6.56. The minimum Gasteiger partial charge on any atom is -0.384 e. The molecule has 1 aromatic heterocycles. The van der Waals surface area contributed by atoms with Gasteiger partial charge in [0.1, 0.15) is 0 Å². The third-order valence-electron chi connectivity index (χ3n) is 2.82. The van der Waals surface area contributed by atoms with Crippen molar-refractivity contribution in [1.29, 1.82) is 0 Å². The van der Waals surface area contributed by atoms with Gasteiger partial charge in [-0.3, -0.25) is 0 Å². The quantitative estimate of drug-likeness (QED) is 0.792. The number of halogens is 1. The summed E-state index contributed by atoms with van der Waals surface area (Å²) in [5.41, 5.74) is 1.11. The van der Waals surface area contributed by atoms with E-state index >= 15 is 0 Å². The normalized spacial score (nSPS) is 20.4. The summed E-state index contributed by atoms with van der Waals surface area (Å²) in [5, 5.41) is 0.805. The number of hydrogen-bond donors (Lipinski definition) is 0. The lowest BCUT2D eigenvalue weighted by Crippen LogP contribution is -2.23. The Balaban J connectivity index is 1.97. The van der Waals surface area contributed by atoms with Crippen LogP contribution < -0.4 is 4.90 Å². The highest BCUT2D eigenvalue weighted by Gasteiger charge is 2.23. The minimum atomic E-state index is 0.615. The molecule has 2 rings (SSSR count). The summed E-state index contributed by atoms with van der Waals surface area (Å²) in [5.74, 6) is 1.45. The van der Waals surface area contributed by atoms with Crippen molar-refractivity contribution in [2.45, 2.75) is 11.8 Å². The Labute approximate surface area is 104 Å². The lowest BCUT2D eigenvalue weighted by atomic mass is 10.1. The van der Waals surface area contributed by atoms with Gasteiger partial charge in [0.25, 0.3) is 0 Å². The zero-order valence-corrected chi connectivity index (χ0v) is 11.0. The molecule has 4 nitrogen and oxygen atoms in total. The molecule has 0 aromatic carbocycles. The van der Waals surface area contributed by atoms with E-state index in [0.29, 0.717) is 5.92 Å². The number of anilines is 1. The van der Waals surface area contributed by atoms with Crippen LogP contribution in [0.15, 0.2) is 12.4 Å². The second-order valence-electron chi connectivity index (χ2n) is 4.08. The Hall–Kier alpha value is -0.680. The number of ether oxygens (including phenoxy) is 1. The number of hydrogen-bond acceptors (Lipinski definition) is 4. The highest BCUT2D eigenvalue weighted by atomic mass is 79.9. The number of alkyl halides is 1. The number of nitrogens with zero attached hydrogens (tertiary/aromatic N) is 3. The molecule has 1 saturated heterocycles. The first-order valence-electron chi connectivity index (χ1n) is 5.44. The van der Waals surface area contributed by atoms with E-state index in [-0.39, 0.29) is 0 Å². The van der Waals surface area contributed by atoms with Crippen molar-refractivity contribution >= 4 is 21.9 Å². The molecule has 1 aliphatic rings. The lowest BCUT2D eigenvalue weighted by molar-refractivity contribution is 0.161. The molecule has 0 N–H and O–H groups in total. The lowest BCUT2D eigenvalue weighted by Gasteiger charge is -2.15. The number of aromatic nitrogens is 2. The van der Waals surface area contributed by atoms with Gasteiger partial charge in [-0.1, -0.05) is 15.9 Å². The van der Waals surface area contributed by atoms with Crippen LogP contribution in [0.4, 0.5) is 5.95 Å². The van der Waals surface area contributed by atoms with E-state index < -0.39 is 0 Å². The predicted octanol–water partition coefficient (Wildman–Crippen LogP) is 1.84. The van der Waals surface area contributed by atoms with Crippen LogP contribution in [-0.4, -0.2) is 36.8 Å². The molecule has 16 heavy (non-hydrogen) atoms. The fourth-order valence-electron chi connectivity index (χ4n) is 1.97. The molecular weight excluding hydrogens is 270 g/mol. The summed E-state index contributed by atoms with van der Waals surface area (Å²) in [6.45, 7) is 2.86. The monoisotopic (exact) mass is 285 g/mol. The molecule has 0 aliphatic carbocycles. The third kappa shape index (κ3) is 2.71. The topological polar surface area (TPSA) is 38.2 Å². The van der Waals surface area contributed by atoms with E-state index in [1.807, 2.05) is 12.4 Å². The average molecular weight is 286 g/mol. The Morgan fingerprint density at radius 3 is 2.88 bits per heavy atom. The maximum absolute atomic E-state index is 5.17. The van der Waals surface area contributed by atoms with Crippen LogP contribution in [0.2, 0.25) is 0 Å². The molecule has 1 fully saturated rings. The average Bonchev–Trinajstić information content (AvgIpc) is 2.78. The molecule has 1 aromatic rings. The molecule has 1 unspecified atom stereocenters. The molecule has 2 heterocycles. The van der Waals surface area contributed by atoms with E-state index in [4.69, 9.17) is 4.74 Å². The summed E-state index contributed by atoms with van der Waals surface area (Å²) in [6, 6.07) is 0. The van der Waals surface area contributed by atoms with Crippen molar-refractivity contribution in [3.05, 3.63) is 18.0 Å². The smallest absolute Gasteiger partial charge is 0.225 e. The molecule has 0 bridgehead atoms. The van der Waals surface area contributed by atoms with E-state index in [2.05, 4.69) is 30.8 Å². The Bertz CT molecular complexity index is 331. The zero-order chi connectivity index (χ0) is 11.4. The molecule has 1 atom stereocenters. The fraction of sp³-hybridized carbons (Fsp3) is 0.636. The summed E-state index contributed by atoms with van der Waals surface area (Å²) in [6.07, 6.45) is 4.92. The first-order chi connectivity index (χ1) is 7.83. The molecule has 0 spiro atoms. The molecule has 5 heteroatoms. The summed E-state index contributed by atoms with van der Waals surface area (Å²) < 4.78 is 5.17. The second kappa shape index (κ2) is 5.59. The van der Waals surface area contributed by atoms with Crippen molar-refractivity contribution in [3.8, 4) is 0 Å². The van der Waals surface area contributed by atoms with Crippen LogP contribution in [0, 0.1) is 5.92 Å². The van der Waals surface area contributed by atoms with Gasteiger partial charge in [0.15, 0.2) is 0 Å². The van der Waals surface area contributed by atoms with Gasteiger partial charge in [-0.2, -0.15) is 0 Å². The van der Waals surface area contributed by atoms with Crippen LogP contribution >= 0.6 is 15.9 Å². The SMILES string of the molecule is COCC1CCN(c2ncc(CBr)cn2)C1. The maximum atomic E-state index is 5.17. The van der Waals surface area contributed by atoms with Gasteiger partial charge < -0.3 is 9.64 Å². The van der Waals surface area contributed by atoms with Crippen molar-refractivity contribution in [1.82, 2.24) is 9.97 Å². The molecule has 88 valence electrons. The Morgan fingerprint density at radius 1 is 1.50 bits per heavy atom. The van der Waals surface area contributed by atoms with Gasteiger partial charge in [-0.05, 0) is 12.0 Å². The predicted molar refractivity (Wildman–Crippen MR) is 66.9 cm³/mol. The molecule has 0 radical (unpaired) electrons. The summed E-state index contributed by atoms with van der Waals surface area (Å²) >= 11 is 3.39. The summed E-state index contributed by atoms with van der Waals surface area (Å²) in [4.78, 5) is 11.0. The van der Waals surface area contributed by atoms with Crippen molar-refractivity contribution in [2.24, 2.45) is 5.92 Å². The van der Waals surface area contributed by atoms with Gasteiger partial charge in [-0.25, -0.2) is 9.97 Å². The second-order valence-corrected chi connectivity index (χ2v) is 4.64. The van der Waals surface area contributed by atoms with Crippen LogP contribution in [0.3, 0.4) is 0 Å². The fourth-order valence-corrected chi connectivity index (χ4v) is 2.26. The van der Waals surface area contributed by atoms with Crippen LogP contribution in [0.25, 0.3) is 0 Å². The Kier molecular flexibility index (Phi) is 4.12. The molecule has 1 aliphatic heterocycles. The van der Waals surface area contributed by atoms with Crippen molar-refractivity contribution in [2.75, 3.05) is 31.7 Å². The first kappa shape index (κ1) is 11.8. The highest BCUT2D eigenvalue weighted by Crippen LogP contribution is 2.20. The van der Waals surface area contributed by atoms with E-state index in [1.54, 1.807) is 7.11 Å². The molecular formula is C11H16BrN3O. The largest absolute Gasteiger partial charge is 0.384 e. The minimum absolute atomic E-state index is 0.615. The van der Waals surface area contributed by atoms with Crippen LogP contribution in [-0.2, 0) is 10.1 Å². The van der Waals surface area contributed by atoms with Crippen molar-refractivity contribution < 1.29 is 4.74 Å².